The molecule has 152 valence electrons. The lowest BCUT2D eigenvalue weighted by atomic mass is 9.89. The number of nitrogens with zero attached hydrogens (tertiary/aromatic N) is 3. The molecule has 1 aromatic rings. The van der Waals surface area contributed by atoms with Crippen LogP contribution in [0.5, 0.6) is 0 Å². The molecule has 0 bridgehead atoms. The highest BCUT2D eigenvalue weighted by atomic mass is 32.2. The third-order valence-corrected chi connectivity index (χ3v) is 5.96. The molecule has 0 unspecified atom stereocenters. The average molecular weight is 406 g/mol. The summed E-state index contributed by atoms with van der Waals surface area (Å²) in [5.41, 5.74) is 2.15. The van der Waals surface area contributed by atoms with E-state index < -0.39 is 5.25 Å². The number of esters is 1. The predicted molar refractivity (Wildman–Crippen MR) is 107 cm³/mol. The third kappa shape index (κ3) is 4.43. The van der Waals surface area contributed by atoms with Crippen molar-refractivity contribution in [2.45, 2.75) is 56.6 Å². The molecule has 0 amide bonds. The van der Waals surface area contributed by atoms with Crippen LogP contribution in [0.15, 0.2) is 5.03 Å². The highest BCUT2D eigenvalue weighted by molar-refractivity contribution is 8.00. The van der Waals surface area contributed by atoms with Gasteiger partial charge in [0.1, 0.15) is 22.2 Å². The van der Waals surface area contributed by atoms with E-state index in [4.69, 9.17) is 19.2 Å². The Morgan fingerprint density at radius 2 is 2.11 bits per heavy atom. The first kappa shape index (κ1) is 20.9. The second-order valence-corrected chi connectivity index (χ2v) is 8.85. The van der Waals surface area contributed by atoms with Gasteiger partial charge in [-0.15, -0.1) is 0 Å². The highest BCUT2D eigenvalue weighted by Crippen LogP contribution is 2.39. The Labute approximate surface area is 170 Å². The summed E-state index contributed by atoms with van der Waals surface area (Å²) in [6.45, 7) is 11.2. The Morgan fingerprint density at radius 3 is 2.75 bits per heavy atom. The summed E-state index contributed by atoms with van der Waals surface area (Å²) in [7, 11) is 0. The second kappa shape index (κ2) is 8.68. The third-order valence-electron chi connectivity index (χ3n) is 4.90. The Bertz CT molecular complexity index is 785. The molecule has 0 N–H and O–H groups in total. The summed E-state index contributed by atoms with van der Waals surface area (Å²) in [5, 5.41) is 10.0. The molecule has 7 nitrogen and oxygen atoms in total. The van der Waals surface area contributed by atoms with Crippen LogP contribution in [0.4, 0.5) is 5.82 Å². The monoisotopic (exact) mass is 405 g/mol. The maximum absolute atomic E-state index is 12.1. The van der Waals surface area contributed by atoms with Crippen molar-refractivity contribution in [2.24, 2.45) is 0 Å². The number of rotatable bonds is 5. The van der Waals surface area contributed by atoms with Gasteiger partial charge in [0.05, 0.1) is 37.6 Å². The summed E-state index contributed by atoms with van der Waals surface area (Å²) in [6.07, 6.45) is 0.631. The van der Waals surface area contributed by atoms with Gasteiger partial charge in [-0.25, -0.2) is 4.98 Å². The fourth-order valence-corrected chi connectivity index (χ4v) is 4.36. The van der Waals surface area contributed by atoms with Crippen molar-refractivity contribution < 1.29 is 19.0 Å². The van der Waals surface area contributed by atoms with Crippen molar-refractivity contribution in [3.63, 3.8) is 0 Å². The van der Waals surface area contributed by atoms with E-state index in [9.17, 15) is 10.1 Å². The first-order chi connectivity index (χ1) is 13.4. The first-order valence-electron chi connectivity index (χ1n) is 9.62. The number of anilines is 1. The normalized spacial score (nSPS) is 19.5. The molecule has 1 fully saturated rings. The number of ether oxygens (including phenoxy) is 3. The molecule has 0 saturated carbocycles. The Hall–Kier alpha value is -1.82. The molecule has 3 heterocycles. The van der Waals surface area contributed by atoms with Gasteiger partial charge in [-0.1, -0.05) is 11.8 Å². The second-order valence-electron chi connectivity index (χ2n) is 7.52. The SMILES string of the molecule is CCOC(=O)[C@H](C)Sc1nc(N2CCOCC2)c2c(c1C#N)CC(C)(C)OC2. The zero-order valence-corrected chi connectivity index (χ0v) is 17.7. The molecule has 1 aromatic heterocycles. The van der Waals surface area contributed by atoms with Gasteiger partial charge in [0.25, 0.3) is 0 Å². The van der Waals surface area contributed by atoms with Crippen molar-refractivity contribution in [1.82, 2.24) is 4.98 Å². The van der Waals surface area contributed by atoms with E-state index in [0.29, 0.717) is 43.4 Å². The minimum absolute atomic E-state index is 0.299. The minimum Gasteiger partial charge on any atom is -0.465 e. The van der Waals surface area contributed by atoms with Crippen LogP contribution in [0.3, 0.4) is 0 Å². The van der Waals surface area contributed by atoms with Gasteiger partial charge in [-0.3, -0.25) is 4.79 Å². The Morgan fingerprint density at radius 1 is 1.39 bits per heavy atom. The van der Waals surface area contributed by atoms with Gasteiger partial charge < -0.3 is 19.1 Å². The molecule has 3 rings (SSSR count). The van der Waals surface area contributed by atoms with E-state index in [1.54, 1.807) is 13.8 Å². The largest absolute Gasteiger partial charge is 0.465 e. The summed E-state index contributed by atoms with van der Waals surface area (Å²) in [6, 6.07) is 2.33. The number of pyridine rings is 1. The Kier molecular flexibility index (Phi) is 6.48. The standard InChI is InChI=1S/C20H27N3O4S/c1-5-26-19(24)13(2)28-18-15(11-21)14-10-20(3,4)27-12-16(14)17(22-18)23-6-8-25-9-7-23/h13H,5-10,12H2,1-4H3/t13-/m0/s1. The lowest BCUT2D eigenvalue weighted by Gasteiger charge is -2.37. The number of morpholine rings is 1. The van der Waals surface area contributed by atoms with E-state index in [1.165, 1.54) is 11.8 Å². The highest BCUT2D eigenvalue weighted by Gasteiger charge is 2.34. The predicted octanol–water partition coefficient (Wildman–Crippen LogP) is 2.68. The van der Waals surface area contributed by atoms with Crippen molar-refractivity contribution in [3.8, 4) is 6.07 Å². The fraction of sp³-hybridized carbons (Fsp3) is 0.650. The van der Waals surface area contributed by atoms with E-state index in [1.807, 2.05) is 13.8 Å². The van der Waals surface area contributed by atoms with Crippen LogP contribution < -0.4 is 4.90 Å². The smallest absolute Gasteiger partial charge is 0.319 e. The number of hydrogen-bond acceptors (Lipinski definition) is 8. The summed E-state index contributed by atoms with van der Waals surface area (Å²) in [4.78, 5) is 19.1. The maximum Gasteiger partial charge on any atom is 0.319 e. The molecule has 2 aliphatic rings. The zero-order valence-electron chi connectivity index (χ0n) is 16.9. The average Bonchev–Trinajstić information content (AvgIpc) is 2.67. The van der Waals surface area contributed by atoms with E-state index >= 15 is 0 Å². The number of carbonyl (C=O) groups is 1. The molecular formula is C20H27N3O4S. The summed E-state index contributed by atoms with van der Waals surface area (Å²) in [5.74, 6) is 0.541. The van der Waals surface area contributed by atoms with Crippen LogP contribution in [0.1, 0.15) is 44.4 Å². The van der Waals surface area contributed by atoms with Crippen molar-refractivity contribution in [2.75, 3.05) is 37.8 Å². The molecule has 1 atom stereocenters. The number of fused-ring (bicyclic) bond motifs is 1. The van der Waals surface area contributed by atoms with Crippen molar-refractivity contribution in [1.29, 1.82) is 5.26 Å². The molecule has 8 heteroatoms. The molecule has 0 aromatic carbocycles. The zero-order chi connectivity index (χ0) is 20.3. The van der Waals surface area contributed by atoms with Crippen LogP contribution in [0.2, 0.25) is 0 Å². The van der Waals surface area contributed by atoms with Gasteiger partial charge in [0.15, 0.2) is 0 Å². The quantitative estimate of drug-likeness (QED) is 0.546. The van der Waals surface area contributed by atoms with Crippen molar-refractivity contribution in [3.05, 3.63) is 16.7 Å². The number of thioether (sulfide) groups is 1. The number of carbonyl (C=O) groups excluding carboxylic acids is 1. The first-order valence-corrected chi connectivity index (χ1v) is 10.5. The van der Waals surface area contributed by atoms with Gasteiger partial charge in [0, 0.05) is 25.1 Å². The molecule has 28 heavy (non-hydrogen) atoms. The fourth-order valence-electron chi connectivity index (χ4n) is 3.44. The molecule has 2 aliphatic heterocycles. The topological polar surface area (TPSA) is 84.7 Å². The number of hydrogen-bond donors (Lipinski definition) is 0. The lowest BCUT2D eigenvalue weighted by Crippen LogP contribution is -2.40. The van der Waals surface area contributed by atoms with Crippen LogP contribution in [0, 0.1) is 11.3 Å². The van der Waals surface area contributed by atoms with Gasteiger partial charge >= 0.3 is 5.97 Å². The molecular weight excluding hydrogens is 378 g/mol. The van der Waals surface area contributed by atoms with Crippen LogP contribution >= 0.6 is 11.8 Å². The van der Waals surface area contributed by atoms with Gasteiger partial charge in [0.2, 0.25) is 0 Å². The van der Waals surface area contributed by atoms with E-state index in [0.717, 1.165) is 30.0 Å². The van der Waals surface area contributed by atoms with Crippen LogP contribution in [0.25, 0.3) is 0 Å². The van der Waals surface area contributed by atoms with Crippen LogP contribution in [-0.4, -0.2) is 54.7 Å². The Balaban J connectivity index is 2.05. The van der Waals surface area contributed by atoms with Gasteiger partial charge in [-0.05, 0) is 33.3 Å². The molecule has 1 saturated heterocycles. The van der Waals surface area contributed by atoms with Crippen molar-refractivity contribution >= 4 is 23.5 Å². The van der Waals surface area contributed by atoms with E-state index in [-0.39, 0.29) is 11.6 Å². The van der Waals surface area contributed by atoms with Crippen LogP contribution in [-0.2, 0) is 32.0 Å². The van der Waals surface area contributed by atoms with Gasteiger partial charge in [-0.2, -0.15) is 5.26 Å². The maximum atomic E-state index is 12.1. The summed E-state index contributed by atoms with van der Waals surface area (Å²) >= 11 is 1.29. The minimum atomic E-state index is -0.442. The molecule has 0 radical (unpaired) electrons. The summed E-state index contributed by atoms with van der Waals surface area (Å²) < 4.78 is 16.6. The van der Waals surface area contributed by atoms with E-state index in [2.05, 4.69) is 11.0 Å². The lowest BCUT2D eigenvalue weighted by molar-refractivity contribution is -0.142. The molecule has 0 spiro atoms. The molecule has 0 aliphatic carbocycles. The number of nitriles is 1. The number of aromatic nitrogens is 1.